The Kier molecular flexibility index (Phi) is 3.19. The smallest absolute Gasteiger partial charge is 0.335 e. The van der Waals surface area contributed by atoms with Crippen LogP contribution in [0.4, 0.5) is 0 Å². The second-order valence-corrected chi connectivity index (χ2v) is 3.79. The molecule has 0 unspecified atom stereocenters. The summed E-state index contributed by atoms with van der Waals surface area (Å²) < 4.78 is 0. The van der Waals surface area contributed by atoms with Crippen molar-refractivity contribution in [2.45, 2.75) is 12.8 Å². The van der Waals surface area contributed by atoms with Crippen LogP contribution in [0.2, 0.25) is 0 Å². The lowest BCUT2D eigenvalue weighted by molar-refractivity contribution is 0.0697. The molecule has 2 N–H and O–H groups in total. The molecule has 1 aliphatic heterocycles. The minimum absolute atomic E-state index is 0.328. The van der Waals surface area contributed by atoms with Gasteiger partial charge in [-0.25, -0.2) is 4.79 Å². The van der Waals surface area contributed by atoms with Crippen LogP contribution in [0.3, 0.4) is 0 Å². The van der Waals surface area contributed by atoms with E-state index in [2.05, 4.69) is 10.3 Å². The SMILES string of the molecule is O=C(O)c1cccc(CC2=NCCCN2)c1. The van der Waals surface area contributed by atoms with Gasteiger partial charge >= 0.3 is 5.97 Å². The zero-order chi connectivity index (χ0) is 11.4. The third kappa shape index (κ3) is 2.59. The van der Waals surface area contributed by atoms with Gasteiger partial charge in [-0.1, -0.05) is 12.1 Å². The van der Waals surface area contributed by atoms with Crippen LogP contribution in [0.25, 0.3) is 0 Å². The molecule has 0 saturated heterocycles. The molecule has 84 valence electrons. The Bertz CT molecular complexity index is 427. The Labute approximate surface area is 94.0 Å². The maximum absolute atomic E-state index is 10.8. The Balaban J connectivity index is 2.12. The second-order valence-electron chi connectivity index (χ2n) is 3.79. The number of aromatic carboxylic acids is 1. The molecular weight excluding hydrogens is 204 g/mol. The van der Waals surface area contributed by atoms with Crippen LogP contribution >= 0.6 is 0 Å². The van der Waals surface area contributed by atoms with Gasteiger partial charge in [-0.2, -0.15) is 0 Å². The van der Waals surface area contributed by atoms with Gasteiger partial charge in [-0.3, -0.25) is 4.99 Å². The summed E-state index contributed by atoms with van der Waals surface area (Å²) in [7, 11) is 0. The summed E-state index contributed by atoms with van der Waals surface area (Å²) in [5.74, 6) is 0.0641. The van der Waals surface area contributed by atoms with Crippen molar-refractivity contribution in [2.24, 2.45) is 4.99 Å². The molecule has 0 saturated carbocycles. The molecule has 0 atom stereocenters. The number of hydrogen-bond donors (Lipinski definition) is 2. The highest BCUT2D eigenvalue weighted by atomic mass is 16.4. The normalized spacial score (nSPS) is 15.1. The number of carboxylic acid groups (broad SMARTS) is 1. The van der Waals surface area contributed by atoms with E-state index in [0.717, 1.165) is 30.9 Å². The monoisotopic (exact) mass is 218 g/mol. The molecular formula is C12H14N2O2. The van der Waals surface area contributed by atoms with Crippen LogP contribution < -0.4 is 5.32 Å². The number of rotatable bonds is 3. The number of carbonyl (C=O) groups is 1. The van der Waals surface area contributed by atoms with E-state index in [1.807, 2.05) is 6.07 Å². The van der Waals surface area contributed by atoms with Crippen LogP contribution in [-0.2, 0) is 6.42 Å². The molecule has 4 heteroatoms. The van der Waals surface area contributed by atoms with Crippen molar-refractivity contribution in [1.82, 2.24) is 5.32 Å². The van der Waals surface area contributed by atoms with Gasteiger partial charge in [0.1, 0.15) is 5.84 Å². The van der Waals surface area contributed by atoms with Crippen molar-refractivity contribution in [2.75, 3.05) is 13.1 Å². The molecule has 1 aromatic carbocycles. The Hall–Kier alpha value is -1.84. The number of hydrogen-bond acceptors (Lipinski definition) is 3. The number of nitrogens with one attached hydrogen (secondary N) is 1. The zero-order valence-electron chi connectivity index (χ0n) is 8.94. The third-order valence-corrected chi connectivity index (χ3v) is 2.51. The number of amidine groups is 1. The molecule has 0 aliphatic carbocycles. The van der Waals surface area contributed by atoms with E-state index >= 15 is 0 Å². The second kappa shape index (κ2) is 4.79. The van der Waals surface area contributed by atoms with E-state index in [-0.39, 0.29) is 0 Å². The first-order valence-corrected chi connectivity index (χ1v) is 5.35. The number of carboxylic acids is 1. The topological polar surface area (TPSA) is 61.7 Å². The molecule has 0 bridgehead atoms. The first kappa shape index (κ1) is 10.7. The minimum Gasteiger partial charge on any atom is -0.478 e. The molecule has 2 rings (SSSR count). The Morgan fingerprint density at radius 2 is 2.38 bits per heavy atom. The van der Waals surface area contributed by atoms with E-state index < -0.39 is 5.97 Å². The van der Waals surface area contributed by atoms with E-state index in [0.29, 0.717) is 12.0 Å². The van der Waals surface area contributed by atoms with Gasteiger partial charge in [-0.15, -0.1) is 0 Å². The summed E-state index contributed by atoms with van der Waals surface area (Å²) in [6.45, 7) is 1.82. The van der Waals surface area contributed by atoms with Crippen molar-refractivity contribution >= 4 is 11.8 Å². The minimum atomic E-state index is -0.889. The van der Waals surface area contributed by atoms with Crippen molar-refractivity contribution in [3.05, 3.63) is 35.4 Å². The third-order valence-electron chi connectivity index (χ3n) is 2.51. The molecule has 0 radical (unpaired) electrons. The van der Waals surface area contributed by atoms with E-state index in [4.69, 9.17) is 5.11 Å². The van der Waals surface area contributed by atoms with Gasteiger partial charge in [0.05, 0.1) is 5.56 Å². The van der Waals surface area contributed by atoms with Crippen LogP contribution in [0.5, 0.6) is 0 Å². The number of nitrogens with zero attached hydrogens (tertiary/aromatic N) is 1. The maximum Gasteiger partial charge on any atom is 0.335 e. The molecule has 1 heterocycles. The van der Waals surface area contributed by atoms with Gasteiger partial charge in [0.2, 0.25) is 0 Å². The highest BCUT2D eigenvalue weighted by Gasteiger charge is 2.07. The summed E-state index contributed by atoms with van der Waals surface area (Å²) >= 11 is 0. The lowest BCUT2D eigenvalue weighted by Gasteiger charge is -2.14. The van der Waals surface area contributed by atoms with Crippen molar-refractivity contribution in [1.29, 1.82) is 0 Å². The lowest BCUT2D eigenvalue weighted by atomic mass is 10.1. The van der Waals surface area contributed by atoms with Gasteiger partial charge in [-0.05, 0) is 24.1 Å². The first-order valence-electron chi connectivity index (χ1n) is 5.35. The highest BCUT2D eigenvalue weighted by Crippen LogP contribution is 2.07. The largest absolute Gasteiger partial charge is 0.478 e. The van der Waals surface area contributed by atoms with Crippen LogP contribution in [0, 0.1) is 0 Å². The molecule has 0 aromatic heterocycles. The average molecular weight is 218 g/mol. The van der Waals surface area contributed by atoms with E-state index in [1.165, 1.54) is 0 Å². The Morgan fingerprint density at radius 1 is 1.50 bits per heavy atom. The number of benzene rings is 1. The van der Waals surface area contributed by atoms with Crippen molar-refractivity contribution < 1.29 is 9.90 Å². The summed E-state index contributed by atoms with van der Waals surface area (Å²) in [4.78, 5) is 15.2. The summed E-state index contributed by atoms with van der Waals surface area (Å²) in [6, 6.07) is 6.98. The maximum atomic E-state index is 10.8. The van der Waals surface area contributed by atoms with Gasteiger partial charge in [0.15, 0.2) is 0 Å². The molecule has 0 amide bonds. The average Bonchev–Trinajstić information content (AvgIpc) is 2.30. The van der Waals surface area contributed by atoms with Gasteiger partial charge in [0.25, 0.3) is 0 Å². The van der Waals surface area contributed by atoms with Crippen LogP contribution in [0.15, 0.2) is 29.3 Å². The van der Waals surface area contributed by atoms with Gasteiger partial charge in [0, 0.05) is 19.5 Å². The van der Waals surface area contributed by atoms with E-state index in [1.54, 1.807) is 18.2 Å². The van der Waals surface area contributed by atoms with E-state index in [9.17, 15) is 4.79 Å². The lowest BCUT2D eigenvalue weighted by Crippen LogP contribution is -2.30. The summed E-state index contributed by atoms with van der Waals surface area (Å²) in [5.41, 5.74) is 1.31. The predicted octanol–water partition coefficient (Wildman–Crippen LogP) is 1.32. The molecule has 1 aromatic rings. The van der Waals surface area contributed by atoms with Gasteiger partial charge < -0.3 is 10.4 Å². The molecule has 4 nitrogen and oxygen atoms in total. The van der Waals surface area contributed by atoms with Crippen LogP contribution in [-0.4, -0.2) is 30.0 Å². The molecule has 0 spiro atoms. The summed E-state index contributed by atoms with van der Waals surface area (Å²) in [5, 5.41) is 12.1. The molecule has 16 heavy (non-hydrogen) atoms. The summed E-state index contributed by atoms with van der Waals surface area (Å²) in [6.07, 6.45) is 1.75. The molecule has 1 aliphatic rings. The predicted molar refractivity (Wildman–Crippen MR) is 62.0 cm³/mol. The fourth-order valence-corrected chi connectivity index (χ4v) is 1.71. The fraction of sp³-hybridized carbons (Fsp3) is 0.333. The first-order chi connectivity index (χ1) is 7.75. The standard InChI is InChI=1S/C12H14N2O2/c15-12(16)10-4-1-3-9(7-10)8-11-13-5-2-6-14-11/h1,3-4,7H,2,5-6,8H2,(H,13,14)(H,15,16). The Morgan fingerprint density at radius 3 is 3.06 bits per heavy atom. The van der Waals surface area contributed by atoms with Crippen molar-refractivity contribution in [3.8, 4) is 0 Å². The highest BCUT2D eigenvalue weighted by molar-refractivity contribution is 5.89. The fourth-order valence-electron chi connectivity index (χ4n) is 1.71. The number of aliphatic imine (C=N–C) groups is 1. The zero-order valence-corrected chi connectivity index (χ0v) is 8.94. The molecule has 0 fully saturated rings. The van der Waals surface area contributed by atoms with Crippen molar-refractivity contribution in [3.63, 3.8) is 0 Å². The van der Waals surface area contributed by atoms with Crippen LogP contribution in [0.1, 0.15) is 22.3 Å². The quantitative estimate of drug-likeness (QED) is 0.804.